The van der Waals surface area contributed by atoms with Crippen molar-refractivity contribution in [3.8, 4) is 5.75 Å². The number of carbonyl (C=O) groups is 1. The van der Waals surface area contributed by atoms with Crippen molar-refractivity contribution < 1.29 is 17.9 Å². The number of nitrogens with two attached hydrogens (primary N) is 1. The van der Waals surface area contributed by atoms with E-state index in [1.54, 1.807) is 42.5 Å². The molecule has 34 heavy (non-hydrogen) atoms. The maximum atomic E-state index is 12.9. The van der Waals surface area contributed by atoms with Gasteiger partial charge in [-0.05, 0) is 55.7 Å². The maximum absolute atomic E-state index is 12.9. The van der Waals surface area contributed by atoms with E-state index in [9.17, 15) is 13.2 Å². The van der Waals surface area contributed by atoms with Gasteiger partial charge in [0.15, 0.2) is 21.4 Å². The lowest BCUT2D eigenvalue weighted by Crippen LogP contribution is -2.19. The Morgan fingerprint density at radius 2 is 1.88 bits per heavy atom. The van der Waals surface area contributed by atoms with Crippen LogP contribution in [0.25, 0.3) is 0 Å². The zero-order chi connectivity index (χ0) is 24.3. The number of anilines is 2. The molecule has 0 aliphatic heterocycles. The lowest BCUT2D eigenvalue weighted by Gasteiger charge is -2.17. The minimum absolute atomic E-state index is 0.190. The van der Waals surface area contributed by atoms with Crippen LogP contribution in [0, 0.1) is 0 Å². The molecule has 1 saturated carbocycles. The van der Waals surface area contributed by atoms with Gasteiger partial charge in [-0.3, -0.25) is 4.79 Å². The molecule has 0 bridgehead atoms. The van der Waals surface area contributed by atoms with Crippen LogP contribution in [0.5, 0.6) is 5.75 Å². The van der Waals surface area contributed by atoms with Gasteiger partial charge in [0, 0.05) is 23.5 Å². The average molecular weight is 500 g/mol. The number of hydrogen-bond donors (Lipinski definition) is 2. The summed E-state index contributed by atoms with van der Waals surface area (Å²) >= 11 is 5.98. The van der Waals surface area contributed by atoms with E-state index in [-0.39, 0.29) is 27.6 Å². The molecule has 0 unspecified atom stereocenters. The number of nitrogens with one attached hydrogen (secondary N) is 1. The van der Waals surface area contributed by atoms with Gasteiger partial charge in [0.2, 0.25) is 0 Å². The molecule has 7 nitrogen and oxygen atoms in total. The Morgan fingerprint density at radius 1 is 1.15 bits per heavy atom. The van der Waals surface area contributed by atoms with Crippen molar-refractivity contribution in [3.63, 3.8) is 0 Å². The maximum Gasteiger partial charge on any atom is 0.255 e. The summed E-state index contributed by atoms with van der Waals surface area (Å²) in [6.07, 6.45) is 4.23. The van der Waals surface area contributed by atoms with Crippen LogP contribution in [0.4, 0.5) is 11.5 Å². The summed E-state index contributed by atoms with van der Waals surface area (Å²) in [7, 11) is -3.44. The van der Waals surface area contributed by atoms with Gasteiger partial charge in [0.1, 0.15) is 6.10 Å². The fraction of sp³-hybridized carbons (Fsp3) is 0.280. The first kappa shape index (κ1) is 24.0. The van der Waals surface area contributed by atoms with E-state index in [0.717, 1.165) is 18.4 Å². The molecule has 3 aromatic rings. The first-order valence-corrected chi connectivity index (χ1v) is 13.0. The van der Waals surface area contributed by atoms with E-state index in [2.05, 4.69) is 10.3 Å². The predicted molar refractivity (Wildman–Crippen MR) is 133 cm³/mol. The molecule has 0 saturated heterocycles. The molecule has 0 radical (unpaired) electrons. The quantitative estimate of drug-likeness (QED) is 0.448. The van der Waals surface area contributed by atoms with Crippen molar-refractivity contribution in [2.24, 2.45) is 0 Å². The van der Waals surface area contributed by atoms with Crippen LogP contribution in [0.3, 0.4) is 0 Å². The van der Waals surface area contributed by atoms with E-state index in [4.69, 9.17) is 22.1 Å². The van der Waals surface area contributed by atoms with Gasteiger partial charge in [-0.1, -0.05) is 42.6 Å². The number of nitrogen functional groups attached to an aromatic ring is 1. The second-order valence-electron chi connectivity index (χ2n) is 8.36. The van der Waals surface area contributed by atoms with Crippen molar-refractivity contribution in [2.75, 3.05) is 11.1 Å². The van der Waals surface area contributed by atoms with E-state index >= 15 is 0 Å². The number of carbonyl (C=O) groups excluding carboxylic acids is 1. The largest absolute Gasteiger partial charge is 0.482 e. The molecule has 1 aliphatic rings. The SMILES string of the molecule is C[C@@H](Oc1cc(Cl)cnc1N)c1cccc(NC(=O)c2cccc(S(=O)(=O)C3CCCC3)c2)c1. The summed E-state index contributed by atoms with van der Waals surface area (Å²) in [4.78, 5) is 17.1. The zero-order valence-corrected chi connectivity index (χ0v) is 20.3. The van der Waals surface area contributed by atoms with Crippen molar-refractivity contribution in [2.45, 2.75) is 48.9 Å². The van der Waals surface area contributed by atoms with Gasteiger partial charge in [-0.15, -0.1) is 0 Å². The van der Waals surface area contributed by atoms with Crippen LogP contribution in [0.1, 0.15) is 54.6 Å². The standard InChI is InChI=1S/C25H26ClN3O4S/c1-16(33-23-14-19(26)15-28-24(23)27)17-6-4-8-20(12-17)29-25(30)18-7-5-11-22(13-18)34(31,32)21-9-2-3-10-21/h4-8,11-16,21H,2-3,9-10H2,1H3,(H2,27,28)(H,29,30)/t16-/m1/s1. The second kappa shape index (κ2) is 10.0. The molecule has 9 heteroatoms. The highest BCUT2D eigenvalue weighted by Crippen LogP contribution is 2.31. The van der Waals surface area contributed by atoms with Crippen LogP contribution in [0.15, 0.2) is 65.7 Å². The summed E-state index contributed by atoms with van der Waals surface area (Å²) in [6, 6.07) is 15.0. The van der Waals surface area contributed by atoms with Crippen LogP contribution in [-0.4, -0.2) is 24.6 Å². The molecule has 1 aromatic heterocycles. The number of nitrogens with zero attached hydrogens (tertiary/aromatic N) is 1. The summed E-state index contributed by atoms with van der Waals surface area (Å²) in [5.74, 6) is 0.209. The molecule has 1 fully saturated rings. The van der Waals surface area contributed by atoms with E-state index < -0.39 is 15.7 Å². The monoisotopic (exact) mass is 499 g/mol. The Bertz CT molecular complexity index is 1310. The van der Waals surface area contributed by atoms with Gasteiger partial charge >= 0.3 is 0 Å². The number of amides is 1. The van der Waals surface area contributed by atoms with Crippen molar-refractivity contribution in [1.29, 1.82) is 0 Å². The van der Waals surface area contributed by atoms with Gasteiger partial charge in [0.25, 0.3) is 5.91 Å². The zero-order valence-electron chi connectivity index (χ0n) is 18.7. The van der Waals surface area contributed by atoms with Crippen molar-refractivity contribution in [3.05, 3.63) is 76.9 Å². The highest BCUT2D eigenvalue weighted by molar-refractivity contribution is 7.92. The van der Waals surface area contributed by atoms with Crippen molar-refractivity contribution >= 4 is 38.9 Å². The number of benzene rings is 2. The third-order valence-electron chi connectivity index (χ3n) is 5.93. The Morgan fingerprint density at radius 3 is 2.65 bits per heavy atom. The molecule has 0 spiro atoms. The minimum atomic E-state index is -3.44. The summed E-state index contributed by atoms with van der Waals surface area (Å²) in [5.41, 5.74) is 7.50. The van der Waals surface area contributed by atoms with Gasteiger partial charge in [0.05, 0.1) is 15.2 Å². The number of halogens is 1. The number of hydrogen-bond acceptors (Lipinski definition) is 6. The lowest BCUT2D eigenvalue weighted by atomic mass is 10.1. The lowest BCUT2D eigenvalue weighted by molar-refractivity contribution is 0.102. The fourth-order valence-electron chi connectivity index (χ4n) is 4.06. The van der Waals surface area contributed by atoms with Crippen LogP contribution >= 0.6 is 11.6 Å². The van der Waals surface area contributed by atoms with E-state index in [1.165, 1.54) is 12.3 Å². The topological polar surface area (TPSA) is 111 Å². The number of rotatable bonds is 7. The third-order valence-corrected chi connectivity index (χ3v) is 8.40. The molecule has 3 N–H and O–H groups in total. The molecule has 1 atom stereocenters. The molecule has 4 rings (SSSR count). The smallest absolute Gasteiger partial charge is 0.255 e. The summed E-state index contributed by atoms with van der Waals surface area (Å²) in [5, 5.41) is 2.88. The van der Waals surface area contributed by atoms with Gasteiger partial charge in [-0.25, -0.2) is 13.4 Å². The number of pyridine rings is 1. The van der Waals surface area contributed by atoms with Gasteiger partial charge < -0.3 is 15.8 Å². The predicted octanol–water partition coefficient (Wildman–Crippen LogP) is 5.43. The molecular formula is C25H26ClN3O4S. The van der Waals surface area contributed by atoms with Crippen LogP contribution in [0.2, 0.25) is 5.02 Å². The molecular weight excluding hydrogens is 474 g/mol. The number of aromatic nitrogens is 1. The normalized spacial score (nSPS) is 15.1. The highest BCUT2D eigenvalue weighted by Gasteiger charge is 2.30. The third kappa shape index (κ3) is 5.34. The molecule has 178 valence electrons. The summed E-state index contributed by atoms with van der Waals surface area (Å²) < 4.78 is 31.7. The fourth-order valence-corrected chi connectivity index (χ4v) is 6.11. The molecule has 2 aromatic carbocycles. The Hall–Kier alpha value is -3.10. The van der Waals surface area contributed by atoms with Crippen molar-refractivity contribution in [1.82, 2.24) is 4.98 Å². The molecule has 1 amide bonds. The molecule has 1 heterocycles. The second-order valence-corrected chi connectivity index (χ2v) is 11.0. The first-order valence-electron chi connectivity index (χ1n) is 11.1. The van der Waals surface area contributed by atoms with Gasteiger partial charge in [-0.2, -0.15) is 0 Å². The highest BCUT2D eigenvalue weighted by atomic mass is 35.5. The van der Waals surface area contributed by atoms with E-state index in [1.807, 2.05) is 13.0 Å². The van der Waals surface area contributed by atoms with Crippen LogP contribution < -0.4 is 15.8 Å². The minimum Gasteiger partial charge on any atom is -0.482 e. The van der Waals surface area contributed by atoms with E-state index in [0.29, 0.717) is 29.3 Å². The Balaban J connectivity index is 1.49. The summed E-state index contributed by atoms with van der Waals surface area (Å²) in [6.45, 7) is 1.85. The Kier molecular flexibility index (Phi) is 7.09. The van der Waals surface area contributed by atoms with Crippen LogP contribution in [-0.2, 0) is 9.84 Å². The first-order chi connectivity index (χ1) is 16.2. The average Bonchev–Trinajstić information content (AvgIpc) is 3.38. The Labute approximate surface area is 204 Å². The number of ether oxygens (including phenoxy) is 1. The molecule has 1 aliphatic carbocycles. The number of sulfone groups is 1.